The molecule has 0 unspecified atom stereocenters. The van der Waals surface area contributed by atoms with Crippen LogP contribution in [0.25, 0.3) is 0 Å². The van der Waals surface area contributed by atoms with Gasteiger partial charge in [0, 0.05) is 39.3 Å². The fourth-order valence-corrected chi connectivity index (χ4v) is 2.02. The van der Waals surface area contributed by atoms with E-state index in [-0.39, 0.29) is 27.4 Å². The van der Waals surface area contributed by atoms with Crippen molar-refractivity contribution in [3.8, 4) is 0 Å². The summed E-state index contributed by atoms with van der Waals surface area (Å²) < 4.78 is 0. The maximum absolute atomic E-state index is 10.2. The number of aryl methyl sites for hydroxylation is 2. The number of nitrogens with zero attached hydrogens (tertiary/aromatic N) is 2. The third kappa shape index (κ3) is 12.4. The van der Waals surface area contributed by atoms with E-state index in [2.05, 4.69) is 21.0 Å². The molecule has 0 bridgehead atoms. The van der Waals surface area contributed by atoms with Crippen LogP contribution in [0.2, 0.25) is 0 Å². The number of nitrogens with one attached hydrogen (secondary N) is 2. The molecular formula is C22H32N4NiO4. The first kappa shape index (κ1) is 32.8. The standard InChI is InChI=1S/2C11H14N2O.Ni.2H2O/c2*1-8-4-6-11(7-5-8)12-9(2)10(3)13-14;;;/h2*4-7,12H,1-3H3;;2*1H2. The fraction of sp³-hybridized carbons (Fsp3) is 0.273. The molecule has 9 heteroatoms. The average molecular weight is 475 g/mol. The molecule has 6 N–H and O–H groups in total. The van der Waals surface area contributed by atoms with Crippen LogP contribution in [-0.4, -0.2) is 11.0 Å². The molecule has 31 heavy (non-hydrogen) atoms. The molecule has 8 nitrogen and oxygen atoms in total. The molecule has 0 saturated heterocycles. The van der Waals surface area contributed by atoms with Gasteiger partial charge in [-0.05, 0) is 76.2 Å². The second-order valence-corrected chi connectivity index (χ2v) is 6.59. The van der Waals surface area contributed by atoms with Crippen molar-refractivity contribution in [1.82, 2.24) is 0 Å². The summed E-state index contributed by atoms with van der Waals surface area (Å²) in [7, 11) is 0. The van der Waals surface area contributed by atoms with E-state index in [0.717, 1.165) is 22.8 Å². The van der Waals surface area contributed by atoms with Crippen molar-refractivity contribution in [2.75, 3.05) is 10.6 Å². The van der Waals surface area contributed by atoms with E-state index in [4.69, 9.17) is 0 Å². The molecule has 2 aromatic rings. The van der Waals surface area contributed by atoms with Crippen LogP contribution in [0, 0.1) is 23.7 Å². The van der Waals surface area contributed by atoms with Crippen molar-refractivity contribution in [1.29, 1.82) is 0 Å². The Bertz CT molecular complexity index is 791. The Morgan fingerprint density at radius 1 is 0.613 bits per heavy atom. The number of allylic oxidation sites excluding steroid dienone is 4. The fourth-order valence-electron chi connectivity index (χ4n) is 2.02. The summed E-state index contributed by atoms with van der Waals surface area (Å²) in [5.41, 5.74) is 6.88. The summed E-state index contributed by atoms with van der Waals surface area (Å²) in [5.74, 6) is 0. The van der Waals surface area contributed by atoms with Crippen LogP contribution < -0.4 is 10.6 Å². The van der Waals surface area contributed by atoms with Crippen molar-refractivity contribution >= 4 is 11.4 Å². The predicted octanol–water partition coefficient (Wildman–Crippen LogP) is 5.20. The molecule has 0 aliphatic rings. The van der Waals surface area contributed by atoms with Crippen LogP contribution in [0.5, 0.6) is 0 Å². The molecule has 174 valence electrons. The number of benzene rings is 2. The molecule has 0 radical (unpaired) electrons. The minimum atomic E-state index is 0. The minimum Gasteiger partial charge on any atom is -0.412 e. The molecule has 0 saturated carbocycles. The topological polar surface area (TPSA) is 146 Å². The van der Waals surface area contributed by atoms with Crippen molar-refractivity contribution in [3.63, 3.8) is 0 Å². The summed E-state index contributed by atoms with van der Waals surface area (Å²) >= 11 is 0. The molecule has 2 rings (SSSR count). The van der Waals surface area contributed by atoms with Crippen LogP contribution in [-0.2, 0) is 16.5 Å². The smallest absolute Gasteiger partial charge is 0.101 e. The van der Waals surface area contributed by atoms with Gasteiger partial charge in [0.25, 0.3) is 0 Å². The Labute approximate surface area is 193 Å². The Balaban J connectivity index is -0.000000461. The van der Waals surface area contributed by atoms with Crippen LogP contribution >= 0.6 is 0 Å². The maximum atomic E-state index is 10.2. The number of hydrogen-bond donors (Lipinski definition) is 2. The molecule has 0 aromatic heterocycles. The molecule has 0 fully saturated rings. The van der Waals surface area contributed by atoms with Crippen LogP contribution in [0.15, 0.2) is 81.7 Å². The van der Waals surface area contributed by atoms with Gasteiger partial charge >= 0.3 is 0 Å². The average Bonchev–Trinajstić information content (AvgIpc) is 2.70. The van der Waals surface area contributed by atoms with Gasteiger partial charge in [-0.1, -0.05) is 35.4 Å². The summed E-state index contributed by atoms with van der Waals surface area (Å²) in [6.07, 6.45) is 0. The Morgan fingerprint density at radius 2 is 0.871 bits per heavy atom. The zero-order valence-corrected chi connectivity index (χ0v) is 19.6. The summed E-state index contributed by atoms with van der Waals surface area (Å²) in [6.45, 7) is 11.1. The van der Waals surface area contributed by atoms with Gasteiger partial charge in [0.05, 0.1) is 0 Å². The number of anilines is 2. The number of hydrogen-bond acceptors (Lipinski definition) is 6. The minimum absolute atomic E-state index is 0. The van der Waals surface area contributed by atoms with Gasteiger partial charge in [0.15, 0.2) is 0 Å². The first-order valence-electron chi connectivity index (χ1n) is 8.96. The van der Waals surface area contributed by atoms with Crippen molar-refractivity contribution in [3.05, 3.63) is 92.3 Å². The van der Waals surface area contributed by atoms with Crippen LogP contribution in [0.4, 0.5) is 11.4 Å². The first-order chi connectivity index (χ1) is 13.3. The molecule has 0 aliphatic heterocycles. The van der Waals surface area contributed by atoms with Crippen molar-refractivity contribution in [2.24, 2.45) is 10.4 Å². The van der Waals surface area contributed by atoms with Gasteiger partial charge < -0.3 is 21.6 Å². The molecule has 2 aromatic carbocycles. The first-order valence-corrected chi connectivity index (χ1v) is 8.96. The quantitative estimate of drug-likeness (QED) is 0.437. The summed E-state index contributed by atoms with van der Waals surface area (Å²) in [5, 5.41) is 11.9. The van der Waals surface area contributed by atoms with E-state index in [1.807, 2.05) is 76.2 Å². The van der Waals surface area contributed by atoms with Crippen LogP contribution in [0.3, 0.4) is 0 Å². The number of nitroso groups, excluding NO2 is 2. The van der Waals surface area contributed by atoms with Crippen molar-refractivity contribution < 1.29 is 27.4 Å². The van der Waals surface area contributed by atoms with E-state index in [1.54, 1.807) is 13.8 Å². The monoisotopic (exact) mass is 474 g/mol. The van der Waals surface area contributed by atoms with Gasteiger partial charge in [0.2, 0.25) is 0 Å². The second kappa shape index (κ2) is 16.9. The summed E-state index contributed by atoms with van der Waals surface area (Å²) in [6, 6.07) is 15.9. The molecule has 0 heterocycles. The van der Waals surface area contributed by atoms with Crippen molar-refractivity contribution in [2.45, 2.75) is 41.5 Å². The predicted molar refractivity (Wildman–Crippen MR) is 125 cm³/mol. The van der Waals surface area contributed by atoms with Crippen LogP contribution in [0.1, 0.15) is 38.8 Å². The van der Waals surface area contributed by atoms with Gasteiger partial charge in [-0.3, -0.25) is 0 Å². The van der Waals surface area contributed by atoms with Gasteiger partial charge in [-0.2, -0.15) is 0 Å². The largest absolute Gasteiger partial charge is 0.412 e. The normalized spacial score (nSPS) is 10.8. The van der Waals surface area contributed by atoms with E-state index in [0.29, 0.717) is 11.4 Å². The molecule has 0 amide bonds. The Kier molecular flexibility index (Phi) is 17.9. The van der Waals surface area contributed by atoms with E-state index >= 15 is 0 Å². The Morgan fingerprint density at radius 3 is 1.10 bits per heavy atom. The van der Waals surface area contributed by atoms with E-state index in [1.165, 1.54) is 11.1 Å². The molecule has 0 atom stereocenters. The third-order valence-electron chi connectivity index (χ3n) is 4.13. The third-order valence-corrected chi connectivity index (χ3v) is 4.13. The van der Waals surface area contributed by atoms with Gasteiger partial charge in [0.1, 0.15) is 11.4 Å². The maximum Gasteiger partial charge on any atom is 0.101 e. The van der Waals surface area contributed by atoms with E-state index < -0.39 is 0 Å². The van der Waals surface area contributed by atoms with E-state index in [9.17, 15) is 9.81 Å². The summed E-state index contributed by atoms with van der Waals surface area (Å²) in [4.78, 5) is 20.5. The molecule has 0 spiro atoms. The Hall–Kier alpha value is -2.87. The second-order valence-electron chi connectivity index (χ2n) is 6.59. The number of rotatable bonds is 6. The zero-order chi connectivity index (χ0) is 21.1. The SMILES string of the molecule is CC(N=O)=C(C)Nc1ccc(C)cc1.CC(N=O)=C(C)Nc1ccc(C)cc1.O.O.[Ni]. The zero-order valence-electron chi connectivity index (χ0n) is 18.6. The molecule has 0 aliphatic carbocycles. The van der Waals surface area contributed by atoms with Gasteiger partial charge in [-0.15, -0.1) is 9.81 Å². The molecular weight excluding hydrogens is 443 g/mol. The van der Waals surface area contributed by atoms with Gasteiger partial charge in [-0.25, -0.2) is 0 Å².